The fourth-order valence-electron chi connectivity index (χ4n) is 10.5. The first-order valence-electron chi connectivity index (χ1n) is 33.4. The van der Waals surface area contributed by atoms with Gasteiger partial charge < -0.3 is 14.2 Å². The molecule has 0 aliphatic heterocycles. The van der Waals surface area contributed by atoms with E-state index in [-0.39, 0.29) is 31.1 Å². The van der Waals surface area contributed by atoms with Gasteiger partial charge >= 0.3 is 17.9 Å². The highest BCUT2D eigenvalue weighted by atomic mass is 16.6. The van der Waals surface area contributed by atoms with Gasteiger partial charge in [0.2, 0.25) is 0 Å². The van der Waals surface area contributed by atoms with Crippen LogP contribution in [0.1, 0.15) is 387 Å². The highest BCUT2D eigenvalue weighted by Crippen LogP contribution is 2.19. The number of unbranched alkanes of at least 4 members (excludes halogenated alkanes) is 48. The van der Waals surface area contributed by atoms with Gasteiger partial charge in [-0.3, -0.25) is 14.4 Å². The minimum absolute atomic E-state index is 0.0608. The molecular weight excluding hydrogens is 901 g/mol. The average molecular weight is 1030 g/mol. The molecule has 0 amide bonds. The van der Waals surface area contributed by atoms with Gasteiger partial charge in [-0.05, 0) is 25.2 Å². The van der Waals surface area contributed by atoms with Crippen molar-refractivity contribution in [1.82, 2.24) is 0 Å². The fraction of sp³-hybridized carbons (Fsp3) is 0.955. The third-order valence-electron chi connectivity index (χ3n) is 15.9. The summed E-state index contributed by atoms with van der Waals surface area (Å²) in [6.45, 7) is 9.14. The number of carbonyl (C=O) groups is 3. The molecule has 0 bridgehead atoms. The van der Waals surface area contributed by atoms with Gasteiger partial charge in [-0.25, -0.2) is 0 Å². The monoisotopic (exact) mass is 1030 g/mol. The third kappa shape index (κ3) is 59.5. The van der Waals surface area contributed by atoms with Crippen molar-refractivity contribution < 1.29 is 28.6 Å². The summed E-state index contributed by atoms with van der Waals surface area (Å²) < 4.78 is 17.0. The Morgan fingerprint density at radius 3 is 0.712 bits per heavy atom. The molecule has 0 aromatic carbocycles. The SMILES string of the molecule is CCCCCCCCCCCCCCCCCCCC(=O)OC[C@@H](COC(=O)CCCCCCCCCCCCCCCCCC)OC(=O)CCCCCCCCCCCCCCCCCCCCC(C)CC. The Hall–Kier alpha value is -1.59. The second kappa shape index (κ2) is 61.3. The van der Waals surface area contributed by atoms with Crippen LogP contribution >= 0.6 is 0 Å². The zero-order chi connectivity index (χ0) is 53.0. The summed E-state index contributed by atoms with van der Waals surface area (Å²) >= 11 is 0. The van der Waals surface area contributed by atoms with E-state index in [0.717, 1.165) is 63.7 Å². The Bertz CT molecular complexity index is 1110. The van der Waals surface area contributed by atoms with Gasteiger partial charge in [0.25, 0.3) is 0 Å². The molecule has 73 heavy (non-hydrogen) atoms. The van der Waals surface area contributed by atoms with E-state index in [1.54, 1.807) is 0 Å². The zero-order valence-corrected chi connectivity index (χ0v) is 50.1. The van der Waals surface area contributed by atoms with Gasteiger partial charge in [-0.1, -0.05) is 349 Å². The minimum Gasteiger partial charge on any atom is -0.462 e. The Morgan fingerprint density at radius 1 is 0.274 bits per heavy atom. The third-order valence-corrected chi connectivity index (χ3v) is 15.9. The topological polar surface area (TPSA) is 78.9 Å². The maximum atomic E-state index is 12.9. The molecule has 0 saturated heterocycles. The molecule has 0 aromatic rings. The van der Waals surface area contributed by atoms with E-state index in [1.165, 1.54) is 283 Å². The molecule has 6 heteroatoms. The molecule has 0 aliphatic rings. The van der Waals surface area contributed by atoms with Crippen LogP contribution in [0.4, 0.5) is 0 Å². The lowest BCUT2D eigenvalue weighted by Crippen LogP contribution is -2.30. The van der Waals surface area contributed by atoms with Gasteiger partial charge in [0.1, 0.15) is 13.2 Å². The molecular formula is C67H130O6. The first-order valence-corrected chi connectivity index (χ1v) is 33.4. The van der Waals surface area contributed by atoms with Gasteiger partial charge in [0.05, 0.1) is 0 Å². The van der Waals surface area contributed by atoms with E-state index in [0.29, 0.717) is 19.3 Å². The van der Waals surface area contributed by atoms with E-state index in [1.807, 2.05) is 0 Å². The molecule has 0 saturated carbocycles. The summed E-state index contributed by atoms with van der Waals surface area (Å²) in [5.41, 5.74) is 0. The first kappa shape index (κ1) is 71.4. The maximum Gasteiger partial charge on any atom is 0.306 e. The van der Waals surface area contributed by atoms with Crippen LogP contribution in [0.2, 0.25) is 0 Å². The quantitative estimate of drug-likeness (QED) is 0.0343. The number of esters is 3. The summed E-state index contributed by atoms with van der Waals surface area (Å²) in [5, 5.41) is 0. The van der Waals surface area contributed by atoms with Crippen molar-refractivity contribution in [3.63, 3.8) is 0 Å². The predicted octanol–water partition coefficient (Wildman–Crippen LogP) is 22.5. The molecule has 1 unspecified atom stereocenters. The van der Waals surface area contributed by atoms with Gasteiger partial charge in [-0.15, -0.1) is 0 Å². The number of ether oxygens (including phenoxy) is 3. The molecule has 0 heterocycles. The molecule has 0 radical (unpaired) electrons. The van der Waals surface area contributed by atoms with Crippen LogP contribution in [0.3, 0.4) is 0 Å². The van der Waals surface area contributed by atoms with E-state index in [4.69, 9.17) is 14.2 Å². The maximum absolute atomic E-state index is 12.9. The Labute approximate surface area is 457 Å². The first-order chi connectivity index (χ1) is 35.9. The van der Waals surface area contributed by atoms with Crippen molar-refractivity contribution in [1.29, 1.82) is 0 Å². The van der Waals surface area contributed by atoms with Crippen molar-refractivity contribution in [2.75, 3.05) is 13.2 Å². The Morgan fingerprint density at radius 2 is 0.479 bits per heavy atom. The normalized spacial score (nSPS) is 12.3. The lowest BCUT2D eigenvalue weighted by atomic mass is 9.99. The second-order valence-electron chi connectivity index (χ2n) is 23.4. The van der Waals surface area contributed by atoms with E-state index in [9.17, 15) is 14.4 Å². The molecule has 0 aliphatic carbocycles. The van der Waals surface area contributed by atoms with Gasteiger partial charge in [0, 0.05) is 19.3 Å². The molecule has 6 nitrogen and oxygen atoms in total. The highest BCUT2D eigenvalue weighted by Gasteiger charge is 2.19. The molecule has 0 N–H and O–H groups in total. The van der Waals surface area contributed by atoms with Crippen LogP contribution in [0, 0.1) is 5.92 Å². The van der Waals surface area contributed by atoms with Crippen LogP contribution in [0.25, 0.3) is 0 Å². The van der Waals surface area contributed by atoms with Crippen LogP contribution in [-0.4, -0.2) is 37.2 Å². The predicted molar refractivity (Wildman–Crippen MR) is 317 cm³/mol. The lowest BCUT2D eigenvalue weighted by molar-refractivity contribution is -0.167. The standard InChI is InChI=1S/C67H130O6/c1-5-8-10-12-14-16-18-20-22-26-31-35-39-43-47-51-55-59-66(69)72-62-64(61-71-65(68)58-54-50-46-42-38-34-30-23-21-19-17-15-13-11-9-6-2)73-67(70)60-56-52-48-44-40-36-32-28-25-24-27-29-33-37-41-45-49-53-57-63(4)7-3/h63-64H,5-62H2,1-4H3/t63?,64-/m1/s1. The molecule has 0 spiro atoms. The van der Waals surface area contributed by atoms with Gasteiger partial charge in [0.15, 0.2) is 6.10 Å². The van der Waals surface area contributed by atoms with E-state index < -0.39 is 6.10 Å². The van der Waals surface area contributed by atoms with Gasteiger partial charge in [-0.2, -0.15) is 0 Å². The molecule has 0 fully saturated rings. The highest BCUT2D eigenvalue weighted by molar-refractivity contribution is 5.71. The van der Waals surface area contributed by atoms with Crippen LogP contribution in [0.5, 0.6) is 0 Å². The molecule has 2 atom stereocenters. The fourth-order valence-corrected chi connectivity index (χ4v) is 10.5. The second-order valence-corrected chi connectivity index (χ2v) is 23.4. The average Bonchev–Trinajstić information content (AvgIpc) is 3.39. The van der Waals surface area contributed by atoms with Crippen molar-refractivity contribution in [3.05, 3.63) is 0 Å². The number of hydrogen-bond donors (Lipinski definition) is 0. The number of hydrogen-bond acceptors (Lipinski definition) is 6. The lowest BCUT2D eigenvalue weighted by Gasteiger charge is -2.18. The zero-order valence-electron chi connectivity index (χ0n) is 50.1. The van der Waals surface area contributed by atoms with Crippen LogP contribution in [0.15, 0.2) is 0 Å². The summed E-state index contributed by atoms with van der Waals surface area (Å²) in [4.78, 5) is 38.4. The Balaban J connectivity index is 4.27. The summed E-state index contributed by atoms with van der Waals surface area (Å²) in [6, 6.07) is 0. The largest absolute Gasteiger partial charge is 0.462 e. The van der Waals surface area contributed by atoms with Crippen molar-refractivity contribution in [3.8, 4) is 0 Å². The Kier molecular flexibility index (Phi) is 59.9. The molecule has 0 aromatic heterocycles. The van der Waals surface area contributed by atoms with E-state index >= 15 is 0 Å². The smallest absolute Gasteiger partial charge is 0.306 e. The number of carbonyl (C=O) groups excluding carboxylic acids is 3. The van der Waals surface area contributed by atoms with Crippen LogP contribution in [-0.2, 0) is 28.6 Å². The summed E-state index contributed by atoms with van der Waals surface area (Å²) in [6.07, 6.45) is 69.6. The van der Waals surface area contributed by atoms with Crippen molar-refractivity contribution >= 4 is 17.9 Å². The summed E-state index contributed by atoms with van der Waals surface area (Å²) in [5.74, 6) is 0.0854. The van der Waals surface area contributed by atoms with Crippen molar-refractivity contribution in [2.45, 2.75) is 393 Å². The molecule has 434 valence electrons. The minimum atomic E-state index is -0.763. The van der Waals surface area contributed by atoms with E-state index in [2.05, 4.69) is 27.7 Å². The summed E-state index contributed by atoms with van der Waals surface area (Å²) in [7, 11) is 0. The molecule has 0 rings (SSSR count). The van der Waals surface area contributed by atoms with Crippen LogP contribution < -0.4 is 0 Å². The number of rotatable bonds is 62. The van der Waals surface area contributed by atoms with Crippen molar-refractivity contribution in [2.24, 2.45) is 5.92 Å².